The molecule has 0 bridgehead atoms. The molecular weight excluding hydrogens is 870 g/mol. The summed E-state index contributed by atoms with van der Waals surface area (Å²) in [5, 5.41) is 4.13. The normalized spacial score (nSPS) is 27.0. The lowest BCUT2D eigenvalue weighted by Crippen LogP contribution is -2.60. The number of phosphoric ester groups is 1. The van der Waals surface area contributed by atoms with Crippen molar-refractivity contribution in [2.75, 3.05) is 53.9 Å². The number of hydrogen-bond acceptors (Lipinski definition) is 13. The maximum absolute atomic E-state index is 14.1. The number of nitrogens with zero attached hydrogens (tertiary/aromatic N) is 3. The van der Waals surface area contributed by atoms with Crippen molar-refractivity contribution >= 4 is 16.1 Å². The fourth-order valence-corrected chi connectivity index (χ4v) is 10.5. The topological polar surface area (TPSA) is 167 Å². The van der Waals surface area contributed by atoms with Gasteiger partial charge in [-0.05, 0) is 42.9 Å². The Balaban J connectivity index is 2.42. The van der Waals surface area contributed by atoms with E-state index in [0.29, 0.717) is 19.6 Å². The van der Waals surface area contributed by atoms with Gasteiger partial charge in [0.15, 0.2) is 20.9 Å². The molecule has 0 aromatic heterocycles. The number of hydrogen-bond donors (Lipinski definition) is 0. The third-order valence-electron chi connectivity index (χ3n) is 13.1. The average molecular weight is 962 g/mol. The number of azide groups is 1. The van der Waals surface area contributed by atoms with Gasteiger partial charge in [-0.15, -0.1) is 13.2 Å². The summed E-state index contributed by atoms with van der Waals surface area (Å²) in [5.74, 6) is -0.683. The zero-order valence-corrected chi connectivity index (χ0v) is 44.4. The summed E-state index contributed by atoms with van der Waals surface area (Å²) in [6, 6.07) is -0.699. The molecule has 0 saturated carbocycles. The molecule has 2 aliphatic heterocycles. The largest absolute Gasteiger partial charge is 0.475 e. The molecule has 2 fully saturated rings. The molecular formula is C48H92N3O12PSi. The van der Waals surface area contributed by atoms with Gasteiger partial charge in [0, 0.05) is 44.2 Å². The van der Waals surface area contributed by atoms with Crippen molar-refractivity contribution in [3.8, 4) is 0 Å². The van der Waals surface area contributed by atoms with Crippen LogP contribution in [-0.2, 0) is 55.7 Å². The van der Waals surface area contributed by atoms with Gasteiger partial charge < -0.3 is 37.6 Å². The van der Waals surface area contributed by atoms with Crippen LogP contribution in [0.5, 0.6) is 0 Å². The van der Waals surface area contributed by atoms with Gasteiger partial charge in [0.2, 0.25) is 0 Å². The molecule has 2 rings (SSSR count). The first-order chi connectivity index (χ1) is 31.1. The highest BCUT2D eigenvalue weighted by atomic mass is 31.2. The number of phosphoric acid groups is 1. The quantitative estimate of drug-likeness (QED) is 0.0110. The Morgan fingerprint density at radius 1 is 0.738 bits per heavy atom. The van der Waals surface area contributed by atoms with E-state index in [-0.39, 0.29) is 43.5 Å². The molecule has 0 aromatic rings. The van der Waals surface area contributed by atoms with E-state index in [2.05, 4.69) is 70.9 Å². The lowest BCUT2D eigenvalue weighted by atomic mass is 9.89. The standard InChI is InChI=1S/C48H92N3O12PSi/c1-14-18-20-22-23-24-26-28-33-55-43-37(5)40(60-47(42(43)50-51-49)63-65(12,13)48(7,8)9)36-57-46-38(6)44(56-34-30-39(54-11)29-27-25-21-19-15-2)45(41(61-46)35-53-10)62-64(52,58-31-16-3)59-32-17-4/h16-17,37-47H,3-4,14-15,18-36H2,1-2,5-13H3/t37-,38-,39-,40-,41-,42-,43+,44-,45-,46-,47+/m1/s1. The molecule has 15 nitrogen and oxygen atoms in total. The molecule has 0 N–H and O–H groups in total. The van der Waals surface area contributed by atoms with Crippen LogP contribution >= 0.6 is 7.82 Å². The second-order valence-corrected chi connectivity index (χ2v) is 25.7. The summed E-state index contributed by atoms with van der Waals surface area (Å²) in [6.07, 6.45) is 14.7. The Bertz CT molecular complexity index is 1370. The first-order valence-electron chi connectivity index (χ1n) is 24.7. The van der Waals surface area contributed by atoms with E-state index in [1.54, 1.807) is 14.2 Å². The Morgan fingerprint density at radius 3 is 1.86 bits per heavy atom. The first kappa shape index (κ1) is 59.9. The Labute approximate surface area is 395 Å². The van der Waals surface area contributed by atoms with Crippen molar-refractivity contribution < 1.29 is 55.7 Å². The molecule has 0 spiro atoms. The Kier molecular flexibility index (Phi) is 30.0. The molecule has 2 aliphatic rings. The molecule has 0 unspecified atom stereocenters. The van der Waals surface area contributed by atoms with Gasteiger partial charge in [0.1, 0.15) is 18.2 Å². The van der Waals surface area contributed by atoms with Crippen LogP contribution in [0.25, 0.3) is 10.4 Å². The van der Waals surface area contributed by atoms with Gasteiger partial charge in [0.05, 0.1) is 50.8 Å². The summed E-state index contributed by atoms with van der Waals surface area (Å²) in [4.78, 5) is 3.26. The molecule has 0 aromatic carbocycles. The molecule has 2 saturated heterocycles. The van der Waals surface area contributed by atoms with Crippen LogP contribution < -0.4 is 0 Å². The Hall–Kier alpha value is -1.20. The average Bonchev–Trinajstić information content (AvgIpc) is 3.26. The maximum Gasteiger partial charge on any atom is 0.475 e. The van der Waals surface area contributed by atoms with Gasteiger partial charge in [0.25, 0.3) is 0 Å². The third-order valence-corrected chi connectivity index (χ3v) is 19.0. The lowest BCUT2D eigenvalue weighted by molar-refractivity contribution is -0.304. The van der Waals surface area contributed by atoms with Gasteiger partial charge in [-0.2, -0.15) is 0 Å². The van der Waals surface area contributed by atoms with Gasteiger partial charge >= 0.3 is 7.82 Å². The minimum Gasteiger partial charge on any atom is -0.392 e. The van der Waals surface area contributed by atoms with E-state index in [4.69, 9.17) is 51.2 Å². The van der Waals surface area contributed by atoms with E-state index in [0.717, 1.165) is 38.5 Å². The van der Waals surface area contributed by atoms with Crippen LogP contribution in [0.4, 0.5) is 0 Å². The van der Waals surface area contributed by atoms with Crippen LogP contribution in [0.2, 0.25) is 18.1 Å². The minimum atomic E-state index is -4.17. The monoisotopic (exact) mass is 962 g/mol. The molecule has 65 heavy (non-hydrogen) atoms. The summed E-state index contributed by atoms with van der Waals surface area (Å²) < 4.78 is 83.6. The van der Waals surface area contributed by atoms with E-state index in [1.807, 2.05) is 13.8 Å². The van der Waals surface area contributed by atoms with Crippen LogP contribution in [0.3, 0.4) is 0 Å². The molecule has 0 amide bonds. The predicted molar refractivity (Wildman–Crippen MR) is 260 cm³/mol. The fraction of sp³-hybridized carbons (Fsp3) is 0.917. The van der Waals surface area contributed by atoms with Crippen molar-refractivity contribution in [1.29, 1.82) is 0 Å². The van der Waals surface area contributed by atoms with Gasteiger partial charge in [-0.1, -0.05) is 143 Å². The van der Waals surface area contributed by atoms with Gasteiger partial charge in [-0.25, -0.2) is 4.57 Å². The highest BCUT2D eigenvalue weighted by Crippen LogP contribution is 2.53. The van der Waals surface area contributed by atoms with E-state index in [1.165, 1.54) is 63.5 Å². The minimum absolute atomic E-state index is 0.0113. The maximum atomic E-state index is 14.1. The first-order valence-corrected chi connectivity index (χ1v) is 29.1. The van der Waals surface area contributed by atoms with Crippen LogP contribution in [0, 0.1) is 11.8 Å². The van der Waals surface area contributed by atoms with Crippen molar-refractivity contribution in [3.05, 3.63) is 35.8 Å². The van der Waals surface area contributed by atoms with E-state index in [9.17, 15) is 10.1 Å². The van der Waals surface area contributed by atoms with Gasteiger partial charge in [-0.3, -0.25) is 13.6 Å². The van der Waals surface area contributed by atoms with Crippen LogP contribution in [-0.4, -0.2) is 117 Å². The molecule has 11 atom stereocenters. The second-order valence-electron chi connectivity index (χ2n) is 19.3. The lowest BCUT2D eigenvalue weighted by Gasteiger charge is -2.49. The molecule has 17 heteroatoms. The second kappa shape index (κ2) is 32.6. The van der Waals surface area contributed by atoms with Crippen LogP contribution in [0.1, 0.15) is 145 Å². The van der Waals surface area contributed by atoms with Crippen molar-refractivity contribution in [3.63, 3.8) is 0 Å². The fourth-order valence-electron chi connectivity index (χ4n) is 8.01. The van der Waals surface area contributed by atoms with Crippen molar-refractivity contribution in [2.24, 2.45) is 17.0 Å². The number of unbranched alkanes of at least 4 members (excludes halogenated alkanes) is 11. The zero-order chi connectivity index (χ0) is 48.3. The number of rotatable bonds is 37. The summed E-state index contributed by atoms with van der Waals surface area (Å²) in [7, 11) is -3.30. The Morgan fingerprint density at radius 2 is 1.31 bits per heavy atom. The number of methoxy groups -OCH3 is 2. The molecule has 380 valence electrons. The summed E-state index contributed by atoms with van der Waals surface area (Å²) in [6.45, 7) is 27.6. The van der Waals surface area contributed by atoms with E-state index >= 15 is 0 Å². The highest BCUT2D eigenvalue weighted by molar-refractivity contribution is 7.48. The summed E-state index contributed by atoms with van der Waals surface area (Å²) >= 11 is 0. The summed E-state index contributed by atoms with van der Waals surface area (Å²) in [5.41, 5.74) is 9.82. The molecule has 2 heterocycles. The van der Waals surface area contributed by atoms with E-state index < -0.39 is 71.2 Å². The number of ether oxygens (including phenoxy) is 7. The highest BCUT2D eigenvalue weighted by Gasteiger charge is 2.52. The smallest absolute Gasteiger partial charge is 0.392 e. The van der Waals surface area contributed by atoms with Crippen molar-refractivity contribution in [1.82, 2.24) is 0 Å². The van der Waals surface area contributed by atoms with Crippen molar-refractivity contribution in [2.45, 2.75) is 218 Å². The SMILES string of the molecule is C=CCOP(=O)(OCC=C)O[C@H]1[C@H](OCC[C@@H](CCCCCCC)OC)[C@@H](C)[C@H](OC[C@H]2O[C@@H](O[Si](C)(C)C(C)(C)C)[C@H](N=[N+]=[N-])[C@@H](OCCCCCCCCCC)[C@@H]2C)O[C@@H]1COC. The predicted octanol–water partition coefficient (Wildman–Crippen LogP) is 12.6. The molecule has 0 radical (unpaired) electrons. The zero-order valence-electron chi connectivity index (χ0n) is 42.5. The molecule has 0 aliphatic carbocycles. The third kappa shape index (κ3) is 21.1. The van der Waals surface area contributed by atoms with Crippen LogP contribution in [0.15, 0.2) is 30.4 Å².